The van der Waals surface area contributed by atoms with E-state index in [1.807, 2.05) is 0 Å². The molecule has 13 heteroatoms. The van der Waals surface area contributed by atoms with E-state index in [0.29, 0.717) is 13.1 Å². The molecule has 0 spiro atoms. The topological polar surface area (TPSA) is 122 Å². The Bertz CT molecular complexity index is 900. The fourth-order valence-electron chi connectivity index (χ4n) is 3.24. The molecule has 0 bridgehead atoms. The average Bonchev–Trinajstić information content (AvgIpc) is 3.20. The van der Waals surface area contributed by atoms with Crippen LogP contribution in [0.15, 0.2) is 23.1 Å². The Morgan fingerprint density at radius 1 is 1.06 bits per heavy atom. The van der Waals surface area contributed by atoms with Crippen molar-refractivity contribution in [1.82, 2.24) is 20.0 Å². The van der Waals surface area contributed by atoms with E-state index >= 15 is 0 Å². The third-order valence-electron chi connectivity index (χ3n) is 4.75. The second kappa shape index (κ2) is 9.73. The standard InChI is InChI=1S/C16H19N5O3.C2HF3O2/c22-16(14-1-4-19-24-14)21-5-2-12-13(3-6-21)17-11-18-15(12)20-7-9-23-10-8-20;3-2(4,5)1(6)7/h1,4,11H,2-3,5-10H2;(H,6,7). The summed E-state index contributed by atoms with van der Waals surface area (Å²) < 4.78 is 42.2. The summed E-state index contributed by atoms with van der Waals surface area (Å²) >= 11 is 0. The highest BCUT2D eigenvalue weighted by atomic mass is 19.4. The lowest BCUT2D eigenvalue weighted by Crippen LogP contribution is -2.37. The van der Waals surface area contributed by atoms with Crippen molar-refractivity contribution in [3.8, 4) is 0 Å². The molecule has 2 aromatic heterocycles. The number of aliphatic carboxylic acids is 1. The second-order valence-electron chi connectivity index (χ2n) is 6.69. The highest BCUT2D eigenvalue weighted by Gasteiger charge is 2.38. The van der Waals surface area contributed by atoms with Gasteiger partial charge >= 0.3 is 12.1 Å². The third kappa shape index (κ3) is 5.69. The van der Waals surface area contributed by atoms with Crippen molar-refractivity contribution in [3.05, 3.63) is 35.6 Å². The number of hydrogen-bond acceptors (Lipinski definition) is 8. The summed E-state index contributed by atoms with van der Waals surface area (Å²) in [6, 6.07) is 1.60. The predicted molar refractivity (Wildman–Crippen MR) is 98.6 cm³/mol. The van der Waals surface area contributed by atoms with E-state index in [-0.39, 0.29) is 11.7 Å². The van der Waals surface area contributed by atoms with Crippen molar-refractivity contribution in [2.75, 3.05) is 44.3 Å². The number of alkyl halides is 3. The number of carbonyl (C=O) groups is 2. The largest absolute Gasteiger partial charge is 0.490 e. The molecule has 0 aromatic carbocycles. The number of rotatable bonds is 2. The van der Waals surface area contributed by atoms with Gasteiger partial charge in [0.05, 0.1) is 25.1 Å². The van der Waals surface area contributed by atoms with Crippen molar-refractivity contribution in [3.63, 3.8) is 0 Å². The zero-order valence-corrected chi connectivity index (χ0v) is 16.3. The minimum Gasteiger partial charge on any atom is -0.475 e. The molecule has 2 aromatic rings. The molecule has 1 amide bonds. The average molecular weight is 443 g/mol. The molecule has 0 unspecified atom stereocenters. The Balaban J connectivity index is 0.000000339. The lowest BCUT2D eigenvalue weighted by molar-refractivity contribution is -0.192. The second-order valence-corrected chi connectivity index (χ2v) is 6.69. The molecule has 2 aliphatic heterocycles. The first-order valence-electron chi connectivity index (χ1n) is 9.43. The minimum atomic E-state index is -5.08. The van der Waals surface area contributed by atoms with Crippen molar-refractivity contribution < 1.29 is 37.1 Å². The minimum absolute atomic E-state index is 0.124. The number of nitrogens with zero attached hydrogens (tertiary/aromatic N) is 5. The number of ether oxygens (including phenoxy) is 1. The van der Waals surface area contributed by atoms with Gasteiger partial charge in [0.25, 0.3) is 5.91 Å². The molecule has 2 aliphatic rings. The van der Waals surface area contributed by atoms with Crippen LogP contribution in [0.4, 0.5) is 19.0 Å². The predicted octanol–water partition coefficient (Wildman–Crippen LogP) is 1.18. The van der Waals surface area contributed by atoms with Gasteiger partial charge in [-0.3, -0.25) is 4.79 Å². The highest BCUT2D eigenvalue weighted by Crippen LogP contribution is 2.25. The summed E-state index contributed by atoms with van der Waals surface area (Å²) in [5.41, 5.74) is 2.17. The Hall–Kier alpha value is -3.22. The number of anilines is 1. The van der Waals surface area contributed by atoms with Crippen LogP contribution in [-0.4, -0.2) is 82.6 Å². The number of carboxylic acid groups (broad SMARTS) is 1. The van der Waals surface area contributed by atoms with E-state index in [0.717, 1.165) is 56.2 Å². The van der Waals surface area contributed by atoms with Crippen molar-refractivity contribution in [2.24, 2.45) is 0 Å². The molecule has 0 radical (unpaired) electrons. The third-order valence-corrected chi connectivity index (χ3v) is 4.75. The van der Waals surface area contributed by atoms with Crippen LogP contribution in [0.25, 0.3) is 0 Å². The molecule has 31 heavy (non-hydrogen) atoms. The smallest absolute Gasteiger partial charge is 0.475 e. The summed E-state index contributed by atoms with van der Waals surface area (Å²) in [4.78, 5) is 34.4. The molecule has 4 heterocycles. The van der Waals surface area contributed by atoms with Crippen LogP contribution in [0.2, 0.25) is 0 Å². The molecule has 10 nitrogen and oxygen atoms in total. The maximum absolute atomic E-state index is 12.5. The van der Waals surface area contributed by atoms with Crippen LogP contribution in [0, 0.1) is 0 Å². The van der Waals surface area contributed by atoms with Gasteiger partial charge < -0.3 is 24.2 Å². The number of halogens is 3. The van der Waals surface area contributed by atoms with Gasteiger partial charge in [0, 0.05) is 44.2 Å². The summed E-state index contributed by atoms with van der Waals surface area (Å²) in [6.45, 7) is 4.35. The molecule has 4 rings (SSSR count). The molecule has 0 saturated carbocycles. The summed E-state index contributed by atoms with van der Waals surface area (Å²) in [6.07, 6.45) is -0.517. The van der Waals surface area contributed by atoms with Gasteiger partial charge in [0.1, 0.15) is 12.1 Å². The first-order chi connectivity index (χ1) is 14.8. The fourth-order valence-corrected chi connectivity index (χ4v) is 3.24. The van der Waals surface area contributed by atoms with E-state index in [1.54, 1.807) is 17.3 Å². The molecule has 1 fully saturated rings. The van der Waals surface area contributed by atoms with Gasteiger partial charge in [-0.2, -0.15) is 13.2 Å². The van der Waals surface area contributed by atoms with Gasteiger partial charge in [-0.25, -0.2) is 14.8 Å². The van der Waals surface area contributed by atoms with Crippen LogP contribution in [-0.2, 0) is 22.4 Å². The summed E-state index contributed by atoms with van der Waals surface area (Å²) in [7, 11) is 0. The summed E-state index contributed by atoms with van der Waals surface area (Å²) in [5.74, 6) is -1.62. The van der Waals surface area contributed by atoms with E-state index in [1.165, 1.54) is 6.20 Å². The van der Waals surface area contributed by atoms with Crippen LogP contribution in [0.5, 0.6) is 0 Å². The van der Waals surface area contributed by atoms with Crippen molar-refractivity contribution >= 4 is 17.7 Å². The highest BCUT2D eigenvalue weighted by molar-refractivity contribution is 5.91. The van der Waals surface area contributed by atoms with E-state index in [2.05, 4.69) is 20.0 Å². The van der Waals surface area contributed by atoms with E-state index in [4.69, 9.17) is 19.2 Å². The Labute approximate surface area is 174 Å². The van der Waals surface area contributed by atoms with Crippen molar-refractivity contribution in [2.45, 2.75) is 19.0 Å². The molecule has 168 valence electrons. The first kappa shape index (κ1) is 22.5. The lowest BCUT2D eigenvalue weighted by atomic mass is 10.1. The zero-order chi connectivity index (χ0) is 22.4. The maximum Gasteiger partial charge on any atom is 0.490 e. The molecular weight excluding hydrogens is 423 g/mol. The lowest BCUT2D eigenvalue weighted by Gasteiger charge is -2.29. The zero-order valence-electron chi connectivity index (χ0n) is 16.3. The maximum atomic E-state index is 12.5. The number of morpholine rings is 1. The van der Waals surface area contributed by atoms with Gasteiger partial charge in [0.2, 0.25) is 5.76 Å². The Morgan fingerprint density at radius 3 is 2.35 bits per heavy atom. The number of amides is 1. The molecule has 1 N–H and O–H groups in total. The van der Waals surface area contributed by atoms with Crippen LogP contribution in [0.3, 0.4) is 0 Å². The monoisotopic (exact) mass is 443 g/mol. The van der Waals surface area contributed by atoms with Crippen molar-refractivity contribution in [1.29, 1.82) is 0 Å². The van der Waals surface area contributed by atoms with Crippen LogP contribution >= 0.6 is 0 Å². The van der Waals surface area contributed by atoms with Gasteiger partial charge in [0.15, 0.2) is 0 Å². The van der Waals surface area contributed by atoms with E-state index in [9.17, 15) is 18.0 Å². The van der Waals surface area contributed by atoms with Crippen LogP contribution in [0.1, 0.15) is 21.8 Å². The normalized spacial score (nSPS) is 16.6. The summed E-state index contributed by atoms with van der Waals surface area (Å²) in [5, 5.41) is 10.7. The number of carboxylic acids is 1. The quantitative estimate of drug-likeness (QED) is 0.729. The number of hydrogen-bond donors (Lipinski definition) is 1. The first-order valence-corrected chi connectivity index (χ1v) is 9.43. The number of fused-ring (bicyclic) bond motifs is 1. The van der Waals surface area contributed by atoms with Crippen LogP contribution < -0.4 is 4.90 Å². The van der Waals surface area contributed by atoms with Gasteiger partial charge in [-0.05, 0) is 6.42 Å². The molecule has 1 saturated heterocycles. The Morgan fingerprint density at radius 2 is 1.74 bits per heavy atom. The SMILES string of the molecule is O=C(O)C(F)(F)F.O=C(c1ccno1)N1CCc2ncnc(N3CCOCC3)c2CC1. The van der Waals surface area contributed by atoms with E-state index < -0.39 is 12.1 Å². The van der Waals surface area contributed by atoms with Gasteiger partial charge in [-0.1, -0.05) is 5.16 Å². The molecule has 0 atom stereocenters. The van der Waals surface area contributed by atoms with Gasteiger partial charge in [-0.15, -0.1) is 0 Å². The number of carbonyl (C=O) groups excluding carboxylic acids is 1. The Kier molecular flexibility index (Phi) is 7.05. The fraction of sp³-hybridized carbons (Fsp3) is 0.500. The molecule has 0 aliphatic carbocycles. The molecular formula is C18H20F3N5O5. The number of aromatic nitrogens is 3.